The Morgan fingerprint density at radius 3 is 2.19 bits per heavy atom. The van der Waals surface area contributed by atoms with E-state index in [1.165, 1.54) is 0 Å². The zero-order valence-electron chi connectivity index (χ0n) is 10.0. The Morgan fingerprint density at radius 2 is 1.81 bits per heavy atom. The Bertz CT molecular complexity index is 344. The summed E-state index contributed by atoms with van der Waals surface area (Å²) in [5.41, 5.74) is -0.117. The number of carbonyl (C=O) groups excluding carboxylic acids is 1. The lowest BCUT2D eigenvalue weighted by Crippen LogP contribution is -2.31. The van der Waals surface area contributed by atoms with Crippen LogP contribution in [0.4, 0.5) is 0 Å². The number of rotatable bonds is 4. The molecule has 0 aromatic heterocycles. The normalized spacial score (nSPS) is 32.9. The van der Waals surface area contributed by atoms with Crippen molar-refractivity contribution in [2.75, 3.05) is 6.54 Å². The quantitative estimate of drug-likeness (QED) is 0.757. The minimum Gasteiger partial charge on any atom is -0.481 e. The summed E-state index contributed by atoms with van der Waals surface area (Å²) < 4.78 is 0. The average molecular weight is 225 g/mol. The molecular formula is C12H19NO3. The molecule has 2 saturated carbocycles. The molecule has 2 rings (SSSR count). The third-order valence-corrected chi connectivity index (χ3v) is 4.17. The number of carboxylic acid groups (broad SMARTS) is 1. The predicted molar refractivity (Wildman–Crippen MR) is 58.7 cm³/mol. The maximum absolute atomic E-state index is 11.8. The third kappa shape index (κ3) is 1.81. The van der Waals surface area contributed by atoms with Gasteiger partial charge in [0.1, 0.15) is 0 Å². The molecule has 2 fully saturated rings. The Kier molecular flexibility index (Phi) is 2.30. The van der Waals surface area contributed by atoms with Crippen LogP contribution in [-0.2, 0) is 9.59 Å². The SMILES string of the molecule is CC1(CNC(=O)[C@H]2[C@@H](C(=O)O)C2(C)C)CC1. The lowest BCUT2D eigenvalue weighted by molar-refractivity contribution is -0.140. The molecule has 2 atom stereocenters. The lowest BCUT2D eigenvalue weighted by atomic mass is 10.1. The van der Waals surface area contributed by atoms with E-state index in [0.717, 1.165) is 12.8 Å². The molecule has 0 unspecified atom stereocenters. The molecule has 0 heterocycles. The predicted octanol–water partition coefficient (Wildman–Crippen LogP) is 1.26. The van der Waals surface area contributed by atoms with Gasteiger partial charge in [-0.1, -0.05) is 20.8 Å². The maximum atomic E-state index is 11.8. The van der Waals surface area contributed by atoms with Gasteiger partial charge in [0, 0.05) is 6.54 Å². The zero-order chi connectivity index (χ0) is 12.1. The first-order chi connectivity index (χ1) is 7.28. The Hall–Kier alpha value is -1.06. The van der Waals surface area contributed by atoms with Crippen molar-refractivity contribution in [3.63, 3.8) is 0 Å². The molecule has 0 radical (unpaired) electrons. The van der Waals surface area contributed by atoms with Crippen LogP contribution in [0.5, 0.6) is 0 Å². The summed E-state index contributed by atoms with van der Waals surface area (Å²) in [7, 11) is 0. The topological polar surface area (TPSA) is 66.4 Å². The Labute approximate surface area is 95.4 Å². The van der Waals surface area contributed by atoms with Gasteiger partial charge in [0.05, 0.1) is 11.8 Å². The highest BCUT2D eigenvalue weighted by molar-refractivity contribution is 5.91. The fraction of sp³-hybridized carbons (Fsp3) is 0.833. The summed E-state index contributed by atoms with van der Waals surface area (Å²) in [4.78, 5) is 22.8. The monoisotopic (exact) mass is 225 g/mol. The number of aliphatic carboxylic acids is 1. The minimum atomic E-state index is -0.859. The van der Waals surface area contributed by atoms with Gasteiger partial charge < -0.3 is 10.4 Å². The molecule has 0 bridgehead atoms. The van der Waals surface area contributed by atoms with Crippen LogP contribution in [0.1, 0.15) is 33.6 Å². The summed E-state index contributed by atoms with van der Waals surface area (Å²) in [6, 6.07) is 0. The first-order valence-electron chi connectivity index (χ1n) is 5.78. The van der Waals surface area contributed by atoms with E-state index in [4.69, 9.17) is 5.11 Å². The van der Waals surface area contributed by atoms with Crippen LogP contribution in [0.15, 0.2) is 0 Å². The zero-order valence-corrected chi connectivity index (χ0v) is 10.0. The number of hydrogen-bond acceptors (Lipinski definition) is 2. The van der Waals surface area contributed by atoms with Gasteiger partial charge in [0.15, 0.2) is 0 Å². The van der Waals surface area contributed by atoms with Crippen molar-refractivity contribution >= 4 is 11.9 Å². The summed E-state index contributed by atoms with van der Waals surface area (Å²) in [6.07, 6.45) is 2.31. The van der Waals surface area contributed by atoms with Crippen molar-refractivity contribution in [2.45, 2.75) is 33.6 Å². The molecule has 2 aliphatic rings. The largest absolute Gasteiger partial charge is 0.481 e. The highest BCUT2D eigenvalue weighted by atomic mass is 16.4. The Morgan fingerprint density at radius 1 is 1.25 bits per heavy atom. The van der Waals surface area contributed by atoms with Crippen molar-refractivity contribution in [1.82, 2.24) is 5.32 Å². The standard InChI is InChI=1S/C12H19NO3/c1-11(2)7(8(11)10(15)16)9(14)13-6-12(3)4-5-12/h7-8H,4-6H2,1-3H3,(H,13,14)(H,15,16)/t7-,8+/m1/s1. The van der Waals surface area contributed by atoms with Gasteiger partial charge in [-0.3, -0.25) is 9.59 Å². The van der Waals surface area contributed by atoms with E-state index >= 15 is 0 Å². The highest BCUT2D eigenvalue weighted by Gasteiger charge is 2.65. The van der Waals surface area contributed by atoms with E-state index in [1.807, 2.05) is 13.8 Å². The van der Waals surface area contributed by atoms with Gasteiger partial charge in [0.2, 0.25) is 5.91 Å². The molecule has 0 aromatic rings. The van der Waals surface area contributed by atoms with Crippen LogP contribution in [-0.4, -0.2) is 23.5 Å². The number of carboxylic acids is 1. The molecule has 90 valence electrons. The van der Waals surface area contributed by atoms with Crippen molar-refractivity contribution < 1.29 is 14.7 Å². The number of amides is 1. The second-order valence-corrected chi connectivity index (χ2v) is 6.14. The van der Waals surface area contributed by atoms with Crippen LogP contribution in [0.2, 0.25) is 0 Å². The smallest absolute Gasteiger partial charge is 0.307 e. The first kappa shape index (κ1) is 11.4. The van der Waals surface area contributed by atoms with E-state index in [2.05, 4.69) is 12.2 Å². The summed E-state index contributed by atoms with van der Waals surface area (Å²) in [6.45, 7) is 6.51. The molecule has 0 saturated heterocycles. The Balaban J connectivity index is 1.89. The highest BCUT2D eigenvalue weighted by Crippen LogP contribution is 2.58. The van der Waals surface area contributed by atoms with E-state index < -0.39 is 11.9 Å². The van der Waals surface area contributed by atoms with E-state index in [-0.39, 0.29) is 22.7 Å². The first-order valence-corrected chi connectivity index (χ1v) is 5.78. The average Bonchev–Trinajstić information content (AvgIpc) is 3.00. The lowest BCUT2D eigenvalue weighted by Gasteiger charge is -2.10. The fourth-order valence-electron chi connectivity index (χ4n) is 2.39. The summed E-state index contributed by atoms with van der Waals surface area (Å²) >= 11 is 0. The molecule has 2 N–H and O–H groups in total. The van der Waals surface area contributed by atoms with E-state index in [9.17, 15) is 9.59 Å². The molecule has 0 aliphatic heterocycles. The molecular weight excluding hydrogens is 206 g/mol. The molecule has 4 heteroatoms. The van der Waals surface area contributed by atoms with Crippen molar-refractivity contribution in [3.8, 4) is 0 Å². The molecule has 16 heavy (non-hydrogen) atoms. The van der Waals surface area contributed by atoms with Crippen molar-refractivity contribution in [2.24, 2.45) is 22.7 Å². The second-order valence-electron chi connectivity index (χ2n) is 6.14. The summed E-state index contributed by atoms with van der Waals surface area (Å²) in [5.74, 6) is -1.82. The summed E-state index contributed by atoms with van der Waals surface area (Å²) in [5, 5.41) is 11.9. The molecule has 2 aliphatic carbocycles. The van der Waals surface area contributed by atoms with Gasteiger partial charge in [-0.15, -0.1) is 0 Å². The second kappa shape index (κ2) is 3.22. The molecule has 0 spiro atoms. The van der Waals surface area contributed by atoms with Gasteiger partial charge in [-0.2, -0.15) is 0 Å². The van der Waals surface area contributed by atoms with E-state index in [1.54, 1.807) is 0 Å². The van der Waals surface area contributed by atoms with Crippen LogP contribution in [0.3, 0.4) is 0 Å². The van der Waals surface area contributed by atoms with Crippen LogP contribution < -0.4 is 5.32 Å². The number of hydrogen-bond donors (Lipinski definition) is 2. The fourth-order valence-corrected chi connectivity index (χ4v) is 2.39. The third-order valence-electron chi connectivity index (χ3n) is 4.17. The molecule has 0 aromatic carbocycles. The molecule has 4 nitrogen and oxygen atoms in total. The molecule has 1 amide bonds. The number of nitrogens with one attached hydrogen (secondary N) is 1. The van der Waals surface area contributed by atoms with E-state index in [0.29, 0.717) is 6.54 Å². The van der Waals surface area contributed by atoms with Crippen molar-refractivity contribution in [3.05, 3.63) is 0 Å². The van der Waals surface area contributed by atoms with Crippen molar-refractivity contribution in [1.29, 1.82) is 0 Å². The number of carbonyl (C=O) groups is 2. The van der Waals surface area contributed by atoms with Crippen LogP contribution in [0, 0.1) is 22.7 Å². The van der Waals surface area contributed by atoms with Crippen LogP contribution >= 0.6 is 0 Å². The van der Waals surface area contributed by atoms with Crippen LogP contribution in [0.25, 0.3) is 0 Å². The van der Waals surface area contributed by atoms with Gasteiger partial charge >= 0.3 is 5.97 Å². The minimum absolute atomic E-state index is 0.0921. The van der Waals surface area contributed by atoms with Gasteiger partial charge in [-0.25, -0.2) is 0 Å². The van der Waals surface area contributed by atoms with Gasteiger partial charge in [-0.05, 0) is 23.7 Å². The van der Waals surface area contributed by atoms with Gasteiger partial charge in [0.25, 0.3) is 0 Å². The maximum Gasteiger partial charge on any atom is 0.307 e.